The Morgan fingerprint density at radius 3 is 2.48 bits per heavy atom. The Labute approximate surface area is 129 Å². The fraction of sp³-hybridized carbons (Fsp3) is 0. The van der Waals surface area contributed by atoms with Gasteiger partial charge >= 0.3 is 5.97 Å². The zero-order chi connectivity index (χ0) is 14.8. The molecule has 0 unspecified atom stereocenters. The second-order valence-electron chi connectivity index (χ2n) is 4.53. The third kappa shape index (κ3) is 2.95. The van der Waals surface area contributed by atoms with Gasteiger partial charge in [0, 0.05) is 15.6 Å². The molecule has 0 aromatic heterocycles. The van der Waals surface area contributed by atoms with Crippen LogP contribution in [0.4, 0.5) is 4.39 Å². The van der Waals surface area contributed by atoms with E-state index >= 15 is 0 Å². The van der Waals surface area contributed by atoms with E-state index in [4.69, 9.17) is 4.74 Å². The average Bonchev–Trinajstić information content (AvgIpc) is 2.83. The summed E-state index contributed by atoms with van der Waals surface area (Å²) in [6.45, 7) is 0. The molecule has 1 aliphatic rings. The second-order valence-corrected chi connectivity index (χ2v) is 5.44. The second kappa shape index (κ2) is 5.66. The summed E-state index contributed by atoms with van der Waals surface area (Å²) in [5.74, 6) is -0.380. The van der Waals surface area contributed by atoms with Crippen LogP contribution in [-0.4, -0.2) is 5.97 Å². The van der Waals surface area contributed by atoms with Gasteiger partial charge < -0.3 is 4.74 Å². The number of hydrogen-bond donors (Lipinski definition) is 0. The van der Waals surface area contributed by atoms with E-state index < -0.39 is 5.97 Å². The van der Waals surface area contributed by atoms with Gasteiger partial charge in [0.2, 0.25) is 0 Å². The van der Waals surface area contributed by atoms with Crippen LogP contribution in [-0.2, 0) is 9.53 Å². The molecule has 3 rings (SSSR count). The molecule has 104 valence electrons. The summed E-state index contributed by atoms with van der Waals surface area (Å²) in [6.07, 6.45) is 3.11. The lowest BCUT2D eigenvalue weighted by Gasteiger charge is -2.01. The third-order valence-corrected chi connectivity index (χ3v) is 3.60. The Balaban J connectivity index is 1.96. The van der Waals surface area contributed by atoms with Crippen molar-refractivity contribution in [1.29, 1.82) is 0 Å². The highest BCUT2D eigenvalue weighted by Gasteiger charge is 2.22. The van der Waals surface area contributed by atoms with E-state index in [0.29, 0.717) is 16.9 Å². The van der Waals surface area contributed by atoms with Crippen molar-refractivity contribution in [2.24, 2.45) is 0 Å². The molecule has 4 heteroatoms. The molecule has 0 atom stereocenters. The number of ether oxygens (including phenoxy) is 1. The van der Waals surface area contributed by atoms with Crippen LogP contribution in [0, 0.1) is 5.82 Å². The number of carbonyl (C=O) groups excluding carboxylic acids is 1. The molecule has 2 aromatic rings. The van der Waals surface area contributed by atoms with Gasteiger partial charge in [-0.1, -0.05) is 46.3 Å². The molecule has 2 aromatic carbocycles. The van der Waals surface area contributed by atoms with Crippen molar-refractivity contribution in [3.05, 3.63) is 81.6 Å². The molecule has 0 radical (unpaired) electrons. The van der Waals surface area contributed by atoms with Crippen molar-refractivity contribution >= 4 is 33.7 Å². The van der Waals surface area contributed by atoms with Gasteiger partial charge in [-0.15, -0.1) is 0 Å². The molecule has 2 nitrogen and oxygen atoms in total. The molecular formula is C17H10BrFO2. The van der Waals surface area contributed by atoms with Crippen molar-refractivity contribution in [3.63, 3.8) is 0 Å². The number of hydrogen-bond acceptors (Lipinski definition) is 2. The highest BCUT2D eigenvalue weighted by Crippen LogP contribution is 2.28. The van der Waals surface area contributed by atoms with Crippen molar-refractivity contribution in [3.8, 4) is 0 Å². The minimum absolute atomic E-state index is 0.331. The first-order chi connectivity index (χ1) is 10.1. The van der Waals surface area contributed by atoms with Crippen LogP contribution < -0.4 is 0 Å². The van der Waals surface area contributed by atoms with E-state index in [2.05, 4.69) is 15.9 Å². The number of carbonyl (C=O) groups is 1. The first kappa shape index (κ1) is 13.8. The van der Waals surface area contributed by atoms with Crippen LogP contribution in [0.5, 0.6) is 0 Å². The van der Waals surface area contributed by atoms with Crippen LogP contribution in [0.25, 0.3) is 11.8 Å². The molecule has 0 N–H and O–H groups in total. The fourth-order valence-electron chi connectivity index (χ4n) is 2.01. The Bertz CT molecular complexity index is 761. The normalized spacial score (nSPS) is 16.0. The molecular weight excluding hydrogens is 335 g/mol. The molecule has 1 aliphatic heterocycles. The SMILES string of the molecule is O=C1OC(c2ccc(Br)cc2)=C/C1=C/c1ccccc1F. The molecule has 1 heterocycles. The maximum atomic E-state index is 13.6. The van der Waals surface area contributed by atoms with Crippen LogP contribution in [0.2, 0.25) is 0 Å². The number of esters is 1. The van der Waals surface area contributed by atoms with E-state index in [9.17, 15) is 9.18 Å². The van der Waals surface area contributed by atoms with Gasteiger partial charge in [0.15, 0.2) is 0 Å². The summed E-state index contributed by atoms with van der Waals surface area (Å²) in [5, 5.41) is 0. The molecule has 0 saturated heterocycles. The summed E-state index contributed by atoms with van der Waals surface area (Å²) in [4.78, 5) is 11.9. The zero-order valence-corrected chi connectivity index (χ0v) is 12.4. The van der Waals surface area contributed by atoms with Gasteiger partial charge in [-0.2, -0.15) is 0 Å². The van der Waals surface area contributed by atoms with E-state index in [1.54, 1.807) is 24.3 Å². The lowest BCUT2D eigenvalue weighted by molar-refractivity contribution is -0.130. The Morgan fingerprint density at radius 2 is 1.76 bits per heavy atom. The number of benzene rings is 2. The first-order valence-electron chi connectivity index (χ1n) is 6.29. The summed E-state index contributed by atoms with van der Waals surface area (Å²) in [6, 6.07) is 13.7. The molecule has 0 saturated carbocycles. The van der Waals surface area contributed by atoms with E-state index in [1.165, 1.54) is 12.1 Å². The van der Waals surface area contributed by atoms with Crippen LogP contribution >= 0.6 is 15.9 Å². The van der Waals surface area contributed by atoms with Crippen LogP contribution in [0.1, 0.15) is 11.1 Å². The Morgan fingerprint density at radius 1 is 1.05 bits per heavy atom. The Hall–Kier alpha value is -2.20. The summed E-state index contributed by atoms with van der Waals surface area (Å²) in [7, 11) is 0. The van der Waals surface area contributed by atoms with Gasteiger partial charge in [0.1, 0.15) is 11.6 Å². The summed E-state index contributed by atoms with van der Waals surface area (Å²) in [5.41, 5.74) is 1.49. The quantitative estimate of drug-likeness (QED) is 0.589. The standard InChI is InChI=1S/C17H10BrFO2/c18-14-7-5-11(6-8-14)16-10-13(17(20)21-16)9-12-3-1-2-4-15(12)19/h1-10H/b13-9-. The van der Waals surface area contributed by atoms with Crippen molar-refractivity contribution in [2.75, 3.05) is 0 Å². The minimum Gasteiger partial charge on any atom is -0.422 e. The molecule has 0 amide bonds. The van der Waals surface area contributed by atoms with E-state index in [-0.39, 0.29) is 5.82 Å². The van der Waals surface area contributed by atoms with Gasteiger partial charge in [-0.05, 0) is 30.4 Å². The van der Waals surface area contributed by atoms with Gasteiger partial charge in [-0.25, -0.2) is 9.18 Å². The molecule has 0 spiro atoms. The number of rotatable bonds is 2. The third-order valence-electron chi connectivity index (χ3n) is 3.07. The summed E-state index contributed by atoms with van der Waals surface area (Å²) >= 11 is 3.35. The highest BCUT2D eigenvalue weighted by atomic mass is 79.9. The van der Waals surface area contributed by atoms with Crippen LogP contribution in [0.3, 0.4) is 0 Å². The number of halogens is 2. The zero-order valence-electron chi connectivity index (χ0n) is 10.8. The highest BCUT2D eigenvalue weighted by molar-refractivity contribution is 9.10. The van der Waals surface area contributed by atoms with Crippen LogP contribution in [0.15, 0.2) is 64.7 Å². The minimum atomic E-state index is -0.476. The smallest absolute Gasteiger partial charge is 0.343 e. The van der Waals surface area contributed by atoms with Gasteiger partial charge in [0.25, 0.3) is 0 Å². The molecule has 0 bridgehead atoms. The van der Waals surface area contributed by atoms with Gasteiger partial charge in [0.05, 0.1) is 5.57 Å². The monoisotopic (exact) mass is 344 g/mol. The summed E-state index contributed by atoms with van der Waals surface area (Å²) < 4.78 is 19.8. The average molecular weight is 345 g/mol. The Kier molecular flexibility index (Phi) is 3.71. The lowest BCUT2D eigenvalue weighted by Crippen LogP contribution is -1.97. The largest absolute Gasteiger partial charge is 0.422 e. The topological polar surface area (TPSA) is 26.3 Å². The maximum Gasteiger partial charge on any atom is 0.343 e. The maximum absolute atomic E-state index is 13.6. The fourth-order valence-corrected chi connectivity index (χ4v) is 2.27. The molecule has 0 fully saturated rings. The lowest BCUT2D eigenvalue weighted by atomic mass is 10.1. The van der Waals surface area contributed by atoms with Crippen molar-refractivity contribution < 1.29 is 13.9 Å². The number of cyclic esters (lactones) is 1. The van der Waals surface area contributed by atoms with Gasteiger partial charge in [-0.3, -0.25) is 0 Å². The van der Waals surface area contributed by atoms with Crippen molar-refractivity contribution in [1.82, 2.24) is 0 Å². The van der Waals surface area contributed by atoms with E-state index in [1.807, 2.05) is 24.3 Å². The molecule has 21 heavy (non-hydrogen) atoms. The molecule has 0 aliphatic carbocycles. The predicted octanol–water partition coefficient (Wildman–Crippen LogP) is 4.57. The van der Waals surface area contributed by atoms with Crippen molar-refractivity contribution in [2.45, 2.75) is 0 Å². The first-order valence-corrected chi connectivity index (χ1v) is 7.09. The predicted molar refractivity (Wildman–Crippen MR) is 82.6 cm³/mol. The van der Waals surface area contributed by atoms with E-state index in [0.717, 1.165) is 10.0 Å².